The van der Waals surface area contributed by atoms with Gasteiger partial charge in [-0.05, 0) is 41.8 Å². The number of ether oxygens (including phenoxy) is 2. The molecule has 0 aliphatic heterocycles. The number of nitrogens with zero attached hydrogens (tertiary/aromatic N) is 2. The fraction of sp³-hybridized carbons (Fsp3) is 0.364. The van der Waals surface area contributed by atoms with E-state index < -0.39 is 0 Å². The van der Waals surface area contributed by atoms with Crippen LogP contribution in [0, 0.1) is 0 Å². The van der Waals surface area contributed by atoms with Crippen LogP contribution in [-0.2, 0) is 17.8 Å². The largest absolute Gasteiger partial charge is 0.497 e. The average Bonchev–Trinajstić information content (AvgIpc) is 2.75. The van der Waals surface area contributed by atoms with Crippen molar-refractivity contribution < 1.29 is 14.3 Å². The second kappa shape index (κ2) is 11.6. The van der Waals surface area contributed by atoms with Gasteiger partial charge in [0, 0.05) is 20.6 Å². The highest BCUT2D eigenvalue weighted by Gasteiger charge is 2.06. The highest BCUT2D eigenvalue weighted by molar-refractivity contribution is 5.86. The molecule has 0 heterocycles. The molecule has 156 valence electrons. The highest BCUT2D eigenvalue weighted by Crippen LogP contribution is 2.12. The van der Waals surface area contributed by atoms with Gasteiger partial charge in [0.15, 0.2) is 5.96 Å². The normalized spacial score (nSPS) is 11.0. The number of hydrogen-bond donors (Lipinski definition) is 2. The van der Waals surface area contributed by atoms with Crippen molar-refractivity contribution in [3.63, 3.8) is 0 Å². The van der Waals surface area contributed by atoms with Gasteiger partial charge in [-0.25, -0.2) is 4.99 Å². The van der Waals surface area contributed by atoms with Crippen molar-refractivity contribution >= 4 is 11.9 Å². The molecule has 0 saturated heterocycles. The third kappa shape index (κ3) is 7.73. The highest BCUT2D eigenvalue weighted by atomic mass is 16.5. The Bertz CT molecular complexity index is 787. The number of carbonyl (C=O) groups is 1. The molecule has 7 heteroatoms. The summed E-state index contributed by atoms with van der Waals surface area (Å²) in [5, 5.41) is 6.40. The lowest BCUT2D eigenvalue weighted by atomic mass is 10.1. The fourth-order valence-electron chi connectivity index (χ4n) is 2.51. The molecule has 2 aromatic carbocycles. The molecule has 7 nitrogen and oxygen atoms in total. The average molecular weight is 399 g/mol. The third-order valence-electron chi connectivity index (χ3n) is 4.35. The minimum absolute atomic E-state index is 0.0147. The van der Waals surface area contributed by atoms with Gasteiger partial charge in [-0.2, -0.15) is 0 Å². The molecule has 0 aromatic heterocycles. The van der Waals surface area contributed by atoms with Gasteiger partial charge in [-0.1, -0.05) is 24.3 Å². The Hall–Kier alpha value is -3.22. The van der Waals surface area contributed by atoms with Crippen molar-refractivity contribution in [2.75, 3.05) is 41.4 Å². The zero-order valence-corrected chi connectivity index (χ0v) is 17.6. The van der Waals surface area contributed by atoms with Crippen LogP contribution in [0.1, 0.15) is 11.1 Å². The van der Waals surface area contributed by atoms with Gasteiger partial charge in [0.1, 0.15) is 11.5 Å². The Kier molecular flexibility index (Phi) is 8.82. The number of rotatable bonds is 9. The molecule has 2 N–H and O–H groups in total. The Morgan fingerprint density at radius 3 is 1.97 bits per heavy atom. The van der Waals surface area contributed by atoms with Crippen LogP contribution in [0.25, 0.3) is 0 Å². The van der Waals surface area contributed by atoms with Crippen LogP contribution in [-0.4, -0.2) is 58.2 Å². The van der Waals surface area contributed by atoms with Gasteiger partial charge >= 0.3 is 0 Å². The summed E-state index contributed by atoms with van der Waals surface area (Å²) in [6.07, 6.45) is 0.828. The van der Waals surface area contributed by atoms with Crippen molar-refractivity contribution in [2.45, 2.75) is 13.0 Å². The maximum absolute atomic E-state index is 11.9. The van der Waals surface area contributed by atoms with E-state index in [9.17, 15) is 4.79 Å². The predicted octanol–water partition coefficient (Wildman–Crippen LogP) is 2.07. The van der Waals surface area contributed by atoms with E-state index in [-0.39, 0.29) is 12.5 Å². The fourth-order valence-corrected chi connectivity index (χ4v) is 2.51. The van der Waals surface area contributed by atoms with E-state index in [2.05, 4.69) is 15.6 Å². The summed E-state index contributed by atoms with van der Waals surface area (Å²) in [5.74, 6) is 2.24. The number of amides is 1. The molecular weight excluding hydrogens is 368 g/mol. The number of methoxy groups -OCH3 is 2. The second-order valence-corrected chi connectivity index (χ2v) is 6.68. The zero-order chi connectivity index (χ0) is 21.1. The molecule has 2 rings (SSSR count). The smallest absolute Gasteiger partial charge is 0.241 e. The second-order valence-electron chi connectivity index (χ2n) is 6.68. The van der Waals surface area contributed by atoms with Crippen molar-refractivity contribution in [3.05, 3.63) is 59.7 Å². The Labute approximate surface area is 172 Å². The molecule has 1 amide bonds. The minimum atomic E-state index is -0.0147. The van der Waals surface area contributed by atoms with Crippen LogP contribution in [0.15, 0.2) is 53.5 Å². The lowest BCUT2D eigenvalue weighted by Gasteiger charge is -2.15. The molecule has 0 radical (unpaired) electrons. The van der Waals surface area contributed by atoms with Gasteiger partial charge in [-0.15, -0.1) is 0 Å². The number of guanidine groups is 1. The first kappa shape index (κ1) is 22.1. The SMILES string of the molecule is COc1ccc(CCNC(=NCc2ccc(OC)cc2)NCC(=O)N(C)C)cc1. The van der Waals surface area contributed by atoms with Crippen LogP contribution in [0.3, 0.4) is 0 Å². The summed E-state index contributed by atoms with van der Waals surface area (Å²) >= 11 is 0. The third-order valence-corrected chi connectivity index (χ3v) is 4.35. The molecular formula is C22H30N4O3. The summed E-state index contributed by atoms with van der Waals surface area (Å²) in [6, 6.07) is 15.7. The summed E-state index contributed by atoms with van der Waals surface area (Å²) in [4.78, 5) is 18.1. The molecule has 0 saturated carbocycles. The van der Waals surface area contributed by atoms with Gasteiger partial charge in [-0.3, -0.25) is 4.79 Å². The van der Waals surface area contributed by atoms with Crippen LogP contribution >= 0.6 is 0 Å². The van der Waals surface area contributed by atoms with Crippen molar-refractivity contribution in [1.29, 1.82) is 0 Å². The van der Waals surface area contributed by atoms with Gasteiger partial charge in [0.25, 0.3) is 0 Å². The number of carbonyl (C=O) groups excluding carboxylic acids is 1. The summed E-state index contributed by atoms with van der Waals surface area (Å²) in [5.41, 5.74) is 2.25. The summed E-state index contributed by atoms with van der Waals surface area (Å²) < 4.78 is 10.4. The van der Waals surface area contributed by atoms with Gasteiger partial charge < -0.3 is 25.0 Å². The Morgan fingerprint density at radius 1 is 0.897 bits per heavy atom. The summed E-state index contributed by atoms with van der Waals surface area (Å²) in [6.45, 7) is 1.37. The maximum atomic E-state index is 11.9. The molecule has 0 atom stereocenters. The number of aliphatic imine (C=N–C) groups is 1. The molecule has 0 spiro atoms. The molecule has 0 aliphatic rings. The molecule has 0 bridgehead atoms. The molecule has 2 aromatic rings. The van der Waals surface area contributed by atoms with Crippen molar-refractivity contribution in [2.24, 2.45) is 4.99 Å². The standard InChI is InChI=1S/C22H30N4O3/c1-26(2)21(27)16-25-22(24-15-18-7-11-20(29-4)12-8-18)23-14-13-17-5-9-19(28-3)10-6-17/h5-12H,13-16H2,1-4H3,(H2,23,24,25). The van der Waals surface area contributed by atoms with E-state index in [0.717, 1.165) is 23.5 Å². The quantitative estimate of drug-likeness (QED) is 0.500. The monoisotopic (exact) mass is 398 g/mol. The lowest BCUT2D eigenvalue weighted by Crippen LogP contribution is -2.43. The van der Waals surface area contributed by atoms with E-state index in [4.69, 9.17) is 9.47 Å². The van der Waals surface area contributed by atoms with Gasteiger partial charge in [0.2, 0.25) is 5.91 Å². The molecule has 0 fully saturated rings. The Morgan fingerprint density at radius 2 is 1.45 bits per heavy atom. The van der Waals surface area contributed by atoms with E-state index in [1.165, 1.54) is 5.56 Å². The van der Waals surface area contributed by atoms with Crippen LogP contribution in [0.5, 0.6) is 11.5 Å². The van der Waals surface area contributed by atoms with Crippen LogP contribution in [0.4, 0.5) is 0 Å². The lowest BCUT2D eigenvalue weighted by molar-refractivity contribution is -0.127. The molecule has 0 unspecified atom stereocenters. The first-order valence-corrected chi connectivity index (χ1v) is 9.50. The van der Waals surface area contributed by atoms with Crippen LogP contribution < -0.4 is 20.1 Å². The van der Waals surface area contributed by atoms with E-state index in [0.29, 0.717) is 19.0 Å². The number of nitrogens with one attached hydrogen (secondary N) is 2. The van der Waals surface area contributed by atoms with E-state index >= 15 is 0 Å². The van der Waals surface area contributed by atoms with E-state index in [1.807, 2.05) is 48.5 Å². The van der Waals surface area contributed by atoms with E-state index in [1.54, 1.807) is 33.2 Å². The first-order valence-electron chi connectivity index (χ1n) is 9.50. The molecule has 29 heavy (non-hydrogen) atoms. The first-order chi connectivity index (χ1) is 14.0. The van der Waals surface area contributed by atoms with Crippen LogP contribution in [0.2, 0.25) is 0 Å². The zero-order valence-electron chi connectivity index (χ0n) is 17.6. The number of hydrogen-bond acceptors (Lipinski definition) is 4. The predicted molar refractivity (Wildman–Crippen MR) is 116 cm³/mol. The Balaban J connectivity index is 1.95. The minimum Gasteiger partial charge on any atom is -0.497 e. The topological polar surface area (TPSA) is 75.2 Å². The summed E-state index contributed by atoms with van der Waals surface area (Å²) in [7, 11) is 6.76. The number of likely N-dealkylation sites (N-methyl/N-ethyl adjacent to an activating group) is 1. The maximum Gasteiger partial charge on any atom is 0.241 e. The molecule has 0 aliphatic carbocycles. The van der Waals surface area contributed by atoms with Crippen molar-refractivity contribution in [3.8, 4) is 11.5 Å². The van der Waals surface area contributed by atoms with Gasteiger partial charge in [0.05, 0.1) is 27.3 Å². The number of benzene rings is 2. The van der Waals surface area contributed by atoms with Crippen molar-refractivity contribution in [1.82, 2.24) is 15.5 Å².